The van der Waals surface area contributed by atoms with Gasteiger partial charge in [0.05, 0.1) is 7.11 Å². The number of methoxy groups -OCH3 is 1. The molecule has 3 aromatic rings. The molecule has 0 atom stereocenters. The Morgan fingerprint density at radius 2 is 2.00 bits per heavy atom. The van der Waals surface area contributed by atoms with Gasteiger partial charge in [0.1, 0.15) is 5.75 Å². The van der Waals surface area contributed by atoms with E-state index in [1.807, 2.05) is 29.2 Å². The van der Waals surface area contributed by atoms with Crippen molar-refractivity contribution in [2.24, 2.45) is 0 Å². The topological polar surface area (TPSA) is 45.3 Å². The van der Waals surface area contributed by atoms with Crippen molar-refractivity contribution in [2.45, 2.75) is 31.6 Å². The Kier molecular flexibility index (Phi) is 5.72. The zero-order chi connectivity index (χ0) is 19.5. The first-order valence-electron chi connectivity index (χ1n) is 9.82. The minimum absolute atomic E-state index is 0.259. The number of nitrogens with zero attached hydrogens (tertiary/aromatic N) is 1. The molecule has 1 N–H and O–H groups in total. The molecule has 2 aromatic carbocycles. The molecule has 1 saturated heterocycles. The SMILES string of the molecule is COc1ccc2[nH]cc(C3CCN(C(=O)CCc4ccccc4Br)CC3)c2c1. The summed E-state index contributed by atoms with van der Waals surface area (Å²) >= 11 is 3.57. The van der Waals surface area contributed by atoms with Gasteiger partial charge < -0.3 is 14.6 Å². The third-order valence-electron chi connectivity index (χ3n) is 5.77. The minimum atomic E-state index is 0.259. The molecule has 5 heteroatoms. The van der Waals surface area contributed by atoms with Crippen LogP contribution in [-0.4, -0.2) is 36.0 Å². The third-order valence-corrected chi connectivity index (χ3v) is 6.55. The molecule has 1 aliphatic rings. The van der Waals surface area contributed by atoms with Crippen LogP contribution in [0.4, 0.5) is 0 Å². The first kappa shape index (κ1) is 19.1. The summed E-state index contributed by atoms with van der Waals surface area (Å²) in [5, 5.41) is 1.23. The van der Waals surface area contributed by atoms with Crippen LogP contribution in [0.15, 0.2) is 53.1 Å². The largest absolute Gasteiger partial charge is 0.497 e. The van der Waals surface area contributed by atoms with Gasteiger partial charge in [0.2, 0.25) is 5.91 Å². The summed E-state index contributed by atoms with van der Waals surface area (Å²) in [6, 6.07) is 14.3. The van der Waals surface area contributed by atoms with Crippen LogP contribution in [0, 0.1) is 0 Å². The Hall–Kier alpha value is -2.27. The fraction of sp³-hybridized carbons (Fsp3) is 0.348. The normalized spacial score (nSPS) is 15.1. The molecule has 1 fully saturated rings. The van der Waals surface area contributed by atoms with Gasteiger partial charge in [0.15, 0.2) is 0 Å². The number of benzene rings is 2. The lowest BCUT2D eigenvalue weighted by Gasteiger charge is -2.32. The Morgan fingerprint density at radius 1 is 1.21 bits per heavy atom. The van der Waals surface area contributed by atoms with Gasteiger partial charge in [-0.25, -0.2) is 0 Å². The Balaban J connectivity index is 1.37. The second-order valence-electron chi connectivity index (χ2n) is 7.40. The predicted octanol–water partition coefficient (Wildman–Crippen LogP) is 5.28. The maximum Gasteiger partial charge on any atom is 0.222 e. The van der Waals surface area contributed by atoms with Crippen molar-refractivity contribution in [3.05, 3.63) is 64.3 Å². The van der Waals surface area contributed by atoms with Gasteiger partial charge in [0, 0.05) is 41.1 Å². The fourth-order valence-electron chi connectivity index (χ4n) is 4.13. The Labute approximate surface area is 174 Å². The van der Waals surface area contributed by atoms with Crippen molar-refractivity contribution in [1.29, 1.82) is 0 Å². The van der Waals surface area contributed by atoms with Crippen LogP contribution in [0.25, 0.3) is 10.9 Å². The number of aryl methyl sites for hydroxylation is 1. The molecule has 28 heavy (non-hydrogen) atoms. The number of aromatic amines is 1. The number of ether oxygens (including phenoxy) is 1. The highest BCUT2D eigenvalue weighted by molar-refractivity contribution is 9.10. The van der Waals surface area contributed by atoms with Gasteiger partial charge in [-0.3, -0.25) is 4.79 Å². The smallest absolute Gasteiger partial charge is 0.222 e. The molecule has 1 amide bonds. The molecule has 0 radical (unpaired) electrons. The molecule has 2 heterocycles. The number of halogens is 1. The van der Waals surface area contributed by atoms with Crippen LogP contribution in [0.5, 0.6) is 5.75 Å². The van der Waals surface area contributed by atoms with E-state index >= 15 is 0 Å². The molecule has 0 saturated carbocycles. The fourth-order valence-corrected chi connectivity index (χ4v) is 4.61. The first-order chi connectivity index (χ1) is 13.7. The molecule has 146 valence electrons. The maximum atomic E-state index is 12.7. The average molecular weight is 441 g/mol. The molecular formula is C23H25BrN2O2. The van der Waals surface area contributed by atoms with E-state index in [4.69, 9.17) is 4.74 Å². The standard InChI is InChI=1S/C23H25BrN2O2/c1-28-18-7-8-22-19(14-18)20(15-25-22)16-10-12-26(13-11-16)23(27)9-6-17-4-2-3-5-21(17)24/h2-5,7-8,14-16,25H,6,9-13H2,1H3. The molecule has 0 spiro atoms. The number of nitrogens with one attached hydrogen (secondary N) is 1. The third kappa shape index (κ3) is 3.95. The van der Waals surface area contributed by atoms with Crippen LogP contribution >= 0.6 is 15.9 Å². The van der Waals surface area contributed by atoms with Gasteiger partial charge in [0.25, 0.3) is 0 Å². The van der Waals surface area contributed by atoms with E-state index in [9.17, 15) is 4.79 Å². The van der Waals surface area contributed by atoms with Crippen LogP contribution in [0.1, 0.15) is 36.3 Å². The van der Waals surface area contributed by atoms with Crippen LogP contribution in [-0.2, 0) is 11.2 Å². The molecule has 0 unspecified atom stereocenters. The van der Waals surface area contributed by atoms with E-state index in [1.54, 1.807) is 7.11 Å². The first-order valence-corrected chi connectivity index (χ1v) is 10.6. The summed E-state index contributed by atoms with van der Waals surface area (Å²) < 4.78 is 6.46. The number of hydrogen-bond acceptors (Lipinski definition) is 2. The van der Waals surface area contributed by atoms with Crippen LogP contribution < -0.4 is 4.74 Å². The minimum Gasteiger partial charge on any atom is -0.497 e. The summed E-state index contributed by atoms with van der Waals surface area (Å²) in [5.41, 5.74) is 3.68. The number of amides is 1. The van der Waals surface area contributed by atoms with Crippen LogP contribution in [0.2, 0.25) is 0 Å². The van der Waals surface area contributed by atoms with Crippen molar-refractivity contribution in [2.75, 3.05) is 20.2 Å². The van der Waals surface area contributed by atoms with E-state index in [-0.39, 0.29) is 5.91 Å². The Morgan fingerprint density at radius 3 is 2.75 bits per heavy atom. The average Bonchev–Trinajstić information content (AvgIpc) is 3.16. The van der Waals surface area contributed by atoms with Crippen molar-refractivity contribution < 1.29 is 9.53 Å². The van der Waals surface area contributed by atoms with Gasteiger partial charge in [-0.05, 0) is 60.6 Å². The van der Waals surface area contributed by atoms with Gasteiger partial charge in [-0.2, -0.15) is 0 Å². The summed E-state index contributed by atoms with van der Waals surface area (Å²) in [4.78, 5) is 18.1. The number of piperidine rings is 1. The summed E-state index contributed by atoms with van der Waals surface area (Å²) in [6.07, 6.45) is 5.48. The molecule has 4 rings (SSSR count). The lowest BCUT2D eigenvalue weighted by Crippen LogP contribution is -2.38. The van der Waals surface area contributed by atoms with Gasteiger partial charge in [-0.15, -0.1) is 0 Å². The number of hydrogen-bond donors (Lipinski definition) is 1. The number of fused-ring (bicyclic) bond motifs is 1. The van der Waals surface area contributed by atoms with E-state index in [2.05, 4.69) is 45.3 Å². The quantitative estimate of drug-likeness (QED) is 0.586. The van der Waals surface area contributed by atoms with Gasteiger partial charge >= 0.3 is 0 Å². The highest BCUT2D eigenvalue weighted by Gasteiger charge is 2.25. The van der Waals surface area contributed by atoms with Gasteiger partial charge in [-0.1, -0.05) is 34.1 Å². The number of H-pyrrole nitrogens is 1. The summed E-state index contributed by atoms with van der Waals surface area (Å²) in [7, 11) is 1.70. The maximum absolute atomic E-state index is 12.7. The Bertz CT molecular complexity index is 974. The highest BCUT2D eigenvalue weighted by Crippen LogP contribution is 2.34. The molecule has 0 bridgehead atoms. The van der Waals surface area contributed by atoms with E-state index in [0.717, 1.165) is 48.1 Å². The molecule has 4 nitrogen and oxygen atoms in total. The number of likely N-dealkylation sites (tertiary alicyclic amines) is 1. The number of aromatic nitrogens is 1. The number of carbonyl (C=O) groups excluding carboxylic acids is 1. The zero-order valence-corrected chi connectivity index (χ0v) is 17.7. The highest BCUT2D eigenvalue weighted by atomic mass is 79.9. The van der Waals surface area contributed by atoms with Crippen molar-refractivity contribution in [1.82, 2.24) is 9.88 Å². The lowest BCUT2D eigenvalue weighted by atomic mass is 9.89. The van der Waals surface area contributed by atoms with Crippen molar-refractivity contribution in [3.63, 3.8) is 0 Å². The predicted molar refractivity (Wildman–Crippen MR) is 116 cm³/mol. The van der Waals surface area contributed by atoms with E-state index in [0.29, 0.717) is 12.3 Å². The van der Waals surface area contributed by atoms with Crippen molar-refractivity contribution >= 4 is 32.7 Å². The molecule has 1 aromatic heterocycles. The van der Waals surface area contributed by atoms with E-state index in [1.165, 1.54) is 16.5 Å². The monoisotopic (exact) mass is 440 g/mol. The summed E-state index contributed by atoms with van der Waals surface area (Å²) in [5.74, 6) is 1.62. The molecular weight excluding hydrogens is 416 g/mol. The molecule has 0 aliphatic carbocycles. The number of rotatable bonds is 5. The van der Waals surface area contributed by atoms with Crippen LogP contribution in [0.3, 0.4) is 0 Å². The summed E-state index contributed by atoms with van der Waals surface area (Å²) in [6.45, 7) is 1.66. The van der Waals surface area contributed by atoms with Crippen molar-refractivity contribution in [3.8, 4) is 5.75 Å². The zero-order valence-electron chi connectivity index (χ0n) is 16.1. The lowest BCUT2D eigenvalue weighted by molar-refractivity contribution is -0.132. The second-order valence-corrected chi connectivity index (χ2v) is 8.26. The number of carbonyl (C=O) groups is 1. The second kappa shape index (κ2) is 8.39. The van der Waals surface area contributed by atoms with E-state index < -0.39 is 0 Å². The molecule has 1 aliphatic heterocycles.